The summed E-state index contributed by atoms with van der Waals surface area (Å²) in [6, 6.07) is 8.07. The molecule has 1 rings (SSSR count). The minimum absolute atomic E-state index is 0.230. The molecule has 0 fully saturated rings. The molecule has 2 atom stereocenters. The molecule has 0 radical (unpaired) electrons. The van der Waals surface area contributed by atoms with Crippen LogP contribution in [-0.4, -0.2) is 33.2 Å². The SMILES string of the molecule is CCCC[C@H](CC)CNC(=O)[C@@H](CC)N(c1ccccc1)S(C)(=O)=O. The second-order valence-corrected chi connectivity index (χ2v) is 8.34. The predicted octanol–water partition coefficient (Wildman–Crippen LogP) is 3.56. The Morgan fingerprint density at radius 1 is 1.12 bits per heavy atom. The number of rotatable bonds is 11. The molecule has 25 heavy (non-hydrogen) atoms. The number of unbranched alkanes of at least 4 members (excludes halogenated alkanes) is 1. The summed E-state index contributed by atoms with van der Waals surface area (Å²) in [5.41, 5.74) is 0.519. The Hall–Kier alpha value is -1.56. The molecule has 0 aliphatic carbocycles. The first-order chi connectivity index (χ1) is 11.8. The topological polar surface area (TPSA) is 66.5 Å². The lowest BCUT2D eigenvalue weighted by Crippen LogP contribution is -2.50. The zero-order valence-corrected chi connectivity index (χ0v) is 16.7. The standard InChI is InChI=1S/C19H32N2O3S/c1-5-8-12-16(6-2)15-20-19(22)18(7-3)21(25(4,23)24)17-13-10-9-11-14-17/h9-11,13-14,16,18H,5-8,12,15H2,1-4H3,(H,20,22)/t16-,18+/m0/s1. The van der Waals surface area contributed by atoms with Crippen molar-refractivity contribution in [1.29, 1.82) is 0 Å². The summed E-state index contributed by atoms with van der Waals surface area (Å²) >= 11 is 0. The van der Waals surface area contributed by atoms with Crippen LogP contribution in [0, 0.1) is 5.92 Å². The molecule has 0 heterocycles. The zero-order valence-electron chi connectivity index (χ0n) is 15.9. The van der Waals surface area contributed by atoms with E-state index in [4.69, 9.17) is 0 Å². The second-order valence-electron chi connectivity index (χ2n) is 6.48. The fraction of sp³-hybridized carbons (Fsp3) is 0.632. The molecule has 1 aromatic carbocycles. The van der Waals surface area contributed by atoms with E-state index in [9.17, 15) is 13.2 Å². The van der Waals surface area contributed by atoms with E-state index in [1.165, 1.54) is 4.31 Å². The summed E-state index contributed by atoms with van der Waals surface area (Å²) in [5.74, 6) is 0.205. The minimum atomic E-state index is -3.56. The molecule has 6 heteroatoms. The van der Waals surface area contributed by atoms with Crippen LogP contribution in [0.4, 0.5) is 5.69 Å². The van der Waals surface area contributed by atoms with Gasteiger partial charge in [-0.3, -0.25) is 9.10 Å². The number of benzene rings is 1. The quantitative estimate of drug-likeness (QED) is 0.649. The Bertz CT molecular complexity index is 617. The molecule has 1 amide bonds. The number of nitrogens with zero attached hydrogens (tertiary/aromatic N) is 1. The Labute approximate surface area is 152 Å². The van der Waals surface area contributed by atoms with E-state index in [1.54, 1.807) is 24.3 Å². The molecule has 5 nitrogen and oxygen atoms in total. The van der Waals surface area contributed by atoms with Crippen molar-refractivity contribution in [3.05, 3.63) is 30.3 Å². The highest BCUT2D eigenvalue weighted by Crippen LogP contribution is 2.22. The molecule has 0 aliphatic rings. The van der Waals surface area contributed by atoms with Gasteiger partial charge < -0.3 is 5.32 Å². The number of para-hydroxylation sites is 1. The van der Waals surface area contributed by atoms with Crippen molar-refractivity contribution in [2.75, 3.05) is 17.1 Å². The molecule has 0 spiro atoms. The van der Waals surface area contributed by atoms with Gasteiger partial charge in [0.2, 0.25) is 15.9 Å². The van der Waals surface area contributed by atoms with Crippen LogP contribution < -0.4 is 9.62 Å². The number of amides is 1. The summed E-state index contributed by atoms with van der Waals surface area (Å²) < 4.78 is 25.9. The highest BCUT2D eigenvalue weighted by atomic mass is 32.2. The van der Waals surface area contributed by atoms with Gasteiger partial charge in [-0.2, -0.15) is 0 Å². The molecule has 0 aromatic heterocycles. The number of hydrogen-bond acceptors (Lipinski definition) is 3. The van der Waals surface area contributed by atoms with Crippen molar-refractivity contribution in [2.24, 2.45) is 5.92 Å². The Morgan fingerprint density at radius 3 is 2.24 bits per heavy atom. The largest absolute Gasteiger partial charge is 0.354 e. The lowest BCUT2D eigenvalue weighted by atomic mass is 9.99. The van der Waals surface area contributed by atoms with Crippen molar-refractivity contribution in [1.82, 2.24) is 5.32 Å². The zero-order chi connectivity index (χ0) is 18.9. The fourth-order valence-corrected chi connectivity index (χ4v) is 4.15. The number of carbonyl (C=O) groups is 1. The van der Waals surface area contributed by atoms with Crippen molar-refractivity contribution >= 4 is 21.6 Å². The van der Waals surface area contributed by atoms with E-state index in [2.05, 4.69) is 19.2 Å². The maximum atomic E-state index is 12.7. The van der Waals surface area contributed by atoms with Crippen LogP contribution >= 0.6 is 0 Å². The monoisotopic (exact) mass is 368 g/mol. The number of carbonyl (C=O) groups excluding carboxylic acids is 1. The van der Waals surface area contributed by atoms with Crippen LogP contribution in [0.2, 0.25) is 0 Å². The number of sulfonamides is 1. The lowest BCUT2D eigenvalue weighted by molar-refractivity contribution is -0.122. The van der Waals surface area contributed by atoms with E-state index < -0.39 is 16.1 Å². The van der Waals surface area contributed by atoms with Gasteiger partial charge in [-0.15, -0.1) is 0 Å². The fourth-order valence-electron chi connectivity index (χ4n) is 2.94. The van der Waals surface area contributed by atoms with E-state index in [0.717, 1.165) is 31.9 Å². The Balaban J connectivity index is 2.91. The molecule has 0 unspecified atom stereocenters. The van der Waals surface area contributed by atoms with Crippen LogP contribution in [-0.2, 0) is 14.8 Å². The Morgan fingerprint density at radius 2 is 1.76 bits per heavy atom. The molecule has 0 saturated heterocycles. The van der Waals surface area contributed by atoms with Crippen LogP contribution in [0.5, 0.6) is 0 Å². The summed E-state index contributed by atoms with van der Waals surface area (Å²) in [5, 5.41) is 2.97. The first kappa shape index (κ1) is 21.5. The third-order valence-electron chi connectivity index (χ3n) is 4.45. The average Bonchev–Trinajstić information content (AvgIpc) is 2.59. The van der Waals surface area contributed by atoms with Gasteiger partial charge in [0.1, 0.15) is 6.04 Å². The number of hydrogen-bond donors (Lipinski definition) is 1. The molecule has 1 aromatic rings. The molecule has 0 saturated carbocycles. The van der Waals surface area contributed by atoms with Crippen molar-refractivity contribution in [3.63, 3.8) is 0 Å². The van der Waals surface area contributed by atoms with Crippen LogP contribution in [0.1, 0.15) is 52.9 Å². The molecule has 0 aliphatic heterocycles. The first-order valence-corrected chi connectivity index (χ1v) is 11.0. The van der Waals surface area contributed by atoms with Crippen LogP contribution in [0.15, 0.2) is 30.3 Å². The Kier molecular flexibility index (Phi) is 8.97. The summed E-state index contributed by atoms with van der Waals surface area (Å²) in [7, 11) is -3.56. The van der Waals surface area contributed by atoms with Gasteiger partial charge in [-0.25, -0.2) is 8.42 Å². The van der Waals surface area contributed by atoms with Gasteiger partial charge in [-0.05, 0) is 30.9 Å². The highest BCUT2D eigenvalue weighted by Gasteiger charge is 2.31. The van der Waals surface area contributed by atoms with Gasteiger partial charge in [0, 0.05) is 6.54 Å². The van der Waals surface area contributed by atoms with Crippen LogP contribution in [0.25, 0.3) is 0 Å². The van der Waals surface area contributed by atoms with Gasteiger partial charge in [0.05, 0.1) is 11.9 Å². The van der Waals surface area contributed by atoms with E-state index in [-0.39, 0.29) is 5.91 Å². The third-order valence-corrected chi connectivity index (χ3v) is 5.63. The van der Waals surface area contributed by atoms with Gasteiger partial charge in [0.15, 0.2) is 0 Å². The van der Waals surface area contributed by atoms with E-state index in [1.807, 2.05) is 13.0 Å². The summed E-state index contributed by atoms with van der Waals surface area (Å²) in [6.45, 7) is 6.71. The minimum Gasteiger partial charge on any atom is -0.354 e. The van der Waals surface area contributed by atoms with Gasteiger partial charge in [-0.1, -0.05) is 58.2 Å². The van der Waals surface area contributed by atoms with Gasteiger partial charge in [0.25, 0.3) is 0 Å². The van der Waals surface area contributed by atoms with Crippen molar-refractivity contribution < 1.29 is 13.2 Å². The average molecular weight is 369 g/mol. The lowest BCUT2D eigenvalue weighted by Gasteiger charge is -2.30. The van der Waals surface area contributed by atoms with Gasteiger partial charge >= 0.3 is 0 Å². The number of nitrogens with one attached hydrogen (secondary N) is 1. The van der Waals surface area contributed by atoms with E-state index >= 15 is 0 Å². The van der Waals surface area contributed by atoms with E-state index in [0.29, 0.717) is 24.6 Å². The first-order valence-electron chi connectivity index (χ1n) is 9.17. The molecule has 1 N–H and O–H groups in total. The van der Waals surface area contributed by atoms with Crippen molar-refractivity contribution in [2.45, 2.75) is 58.9 Å². The third kappa shape index (κ3) is 6.69. The predicted molar refractivity (Wildman–Crippen MR) is 104 cm³/mol. The molecule has 142 valence electrons. The molecule has 0 bridgehead atoms. The molecular formula is C19H32N2O3S. The highest BCUT2D eigenvalue weighted by molar-refractivity contribution is 7.92. The summed E-state index contributed by atoms with van der Waals surface area (Å²) in [4.78, 5) is 12.7. The molecular weight excluding hydrogens is 336 g/mol. The summed E-state index contributed by atoms with van der Waals surface area (Å²) in [6.07, 6.45) is 5.93. The number of anilines is 1. The maximum Gasteiger partial charge on any atom is 0.243 e. The maximum absolute atomic E-state index is 12.7. The normalized spacial score (nSPS) is 13.9. The van der Waals surface area contributed by atoms with Crippen molar-refractivity contribution in [3.8, 4) is 0 Å². The second kappa shape index (κ2) is 10.4. The smallest absolute Gasteiger partial charge is 0.243 e. The van der Waals surface area contributed by atoms with Crippen LogP contribution in [0.3, 0.4) is 0 Å².